The number of hydrogen-bond acceptors (Lipinski definition) is 6. The first-order valence-corrected chi connectivity index (χ1v) is 8.95. The maximum absolute atomic E-state index is 13.4. The number of nitrogens with zero attached hydrogens (tertiary/aromatic N) is 1. The van der Waals surface area contributed by atoms with Crippen molar-refractivity contribution in [1.82, 2.24) is 10.0 Å². The van der Waals surface area contributed by atoms with Crippen LogP contribution >= 0.6 is 11.9 Å². The van der Waals surface area contributed by atoms with Gasteiger partial charge in [-0.2, -0.15) is 0 Å². The lowest BCUT2D eigenvalue weighted by Crippen LogP contribution is -2.37. The van der Waals surface area contributed by atoms with E-state index >= 15 is 0 Å². The van der Waals surface area contributed by atoms with Crippen molar-refractivity contribution in [2.45, 2.75) is 25.0 Å². The highest BCUT2D eigenvalue weighted by Crippen LogP contribution is 2.15. The van der Waals surface area contributed by atoms with E-state index in [2.05, 4.69) is 20.0 Å². The Morgan fingerprint density at radius 1 is 1.35 bits per heavy atom. The molecule has 142 valence electrons. The SMILES string of the molecule is CO/N=C(\CC(=O)NC1COC(C(=O)NSC)C1)c1cc(F)cc(F)c1. The van der Waals surface area contributed by atoms with Crippen LogP contribution < -0.4 is 10.0 Å². The van der Waals surface area contributed by atoms with Crippen LogP contribution in [0.3, 0.4) is 0 Å². The van der Waals surface area contributed by atoms with Gasteiger partial charge >= 0.3 is 0 Å². The number of carbonyl (C=O) groups is 2. The monoisotopic (exact) mass is 387 g/mol. The van der Waals surface area contributed by atoms with Crippen LogP contribution in [0.1, 0.15) is 18.4 Å². The third kappa shape index (κ3) is 5.67. The van der Waals surface area contributed by atoms with Gasteiger partial charge in [-0.1, -0.05) is 17.1 Å². The summed E-state index contributed by atoms with van der Waals surface area (Å²) in [4.78, 5) is 28.6. The minimum Gasteiger partial charge on any atom is -0.399 e. The Balaban J connectivity index is 1.96. The first-order chi connectivity index (χ1) is 12.4. The molecule has 2 unspecified atom stereocenters. The number of amides is 2. The summed E-state index contributed by atoms with van der Waals surface area (Å²) in [5, 5.41) is 6.40. The predicted molar refractivity (Wildman–Crippen MR) is 92.5 cm³/mol. The molecule has 2 amide bonds. The smallest absolute Gasteiger partial charge is 0.259 e. The molecule has 2 atom stereocenters. The third-order valence-corrected chi connectivity index (χ3v) is 3.99. The number of carbonyl (C=O) groups excluding carboxylic acids is 2. The van der Waals surface area contributed by atoms with Gasteiger partial charge in [0.15, 0.2) is 0 Å². The Labute approximate surface area is 153 Å². The highest BCUT2D eigenvalue weighted by molar-refractivity contribution is 7.97. The Hall–Kier alpha value is -2.20. The van der Waals surface area contributed by atoms with Crippen LogP contribution in [0.4, 0.5) is 8.78 Å². The van der Waals surface area contributed by atoms with Gasteiger partial charge < -0.3 is 14.9 Å². The van der Waals surface area contributed by atoms with E-state index in [1.54, 1.807) is 6.26 Å². The van der Waals surface area contributed by atoms with Gasteiger partial charge in [-0.3, -0.25) is 14.3 Å². The summed E-state index contributed by atoms with van der Waals surface area (Å²) in [6.45, 7) is 0.198. The number of hydrogen-bond donors (Lipinski definition) is 2. The van der Waals surface area contributed by atoms with Crippen LogP contribution in [-0.4, -0.2) is 49.6 Å². The second-order valence-electron chi connectivity index (χ2n) is 5.55. The fourth-order valence-electron chi connectivity index (χ4n) is 2.52. The fourth-order valence-corrected chi connectivity index (χ4v) is 2.86. The highest BCUT2D eigenvalue weighted by Gasteiger charge is 2.31. The fraction of sp³-hybridized carbons (Fsp3) is 0.438. The van der Waals surface area contributed by atoms with Gasteiger partial charge in [-0.15, -0.1) is 0 Å². The molecule has 1 aromatic rings. The van der Waals surface area contributed by atoms with E-state index in [-0.39, 0.29) is 36.3 Å². The van der Waals surface area contributed by atoms with Gasteiger partial charge in [0.2, 0.25) is 5.91 Å². The van der Waals surface area contributed by atoms with Crippen LogP contribution in [0.5, 0.6) is 0 Å². The van der Waals surface area contributed by atoms with Crippen LogP contribution in [0, 0.1) is 11.6 Å². The van der Waals surface area contributed by atoms with E-state index in [9.17, 15) is 18.4 Å². The van der Waals surface area contributed by atoms with Crippen molar-refractivity contribution >= 4 is 29.5 Å². The molecule has 1 fully saturated rings. The van der Waals surface area contributed by atoms with Crippen LogP contribution in [0.25, 0.3) is 0 Å². The lowest BCUT2D eigenvalue weighted by Gasteiger charge is -2.12. The number of rotatable bonds is 7. The van der Waals surface area contributed by atoms with E-state index < -0.39 is 23.6 Å². The second-order valence-corrected chi connectivity index (χ2v) is 6.16. The molecule has 1 aliphatic heterocycles. The minimum atomic E-state index is -0.781. The zero-order valence-corrected chi connectivity index (χ0v) is 15.1. The molecule has 1 aliphatic rings. The summed E-state index contributed by atoms with van der Waals surface area (Å²) < 4.78 is 34.7. The lowest BCUT2D eigenvalue weighted by atomic mass is 10.1. The van der Waals surface area contributed by atoms with Crippen molar-refractivity contribution in [3.05, 3.63) is 35.4 Å². The molecule has 0 spiro atoms. The molecule has 1 saturated heterocycles. The van der Waals surface area contributed by atoms with Gasteiger partial charge in [0.1, 0.15) is 24.8 Å². The Morgan fingerprint density at radius 3 is 2.65 bits per heavy atom. The highest BCUT2D eigenvalue weighted by atomic mass is 32.2. The molecule has 1 heterocycles. The van der Waals surface area contributed by atoms with E-state index in [1.807, 2.05) is 0 Å². The molecule has 2 N–H and O–H groups in total. The Kier molecular flexibility index (Phi) is 7.34. The molecule has 0 bridgehead atoms. The standard InChI is InChI=1S/C16H19F2N3O4S/c1-24-20-13(9-3-10(17)5-11(18)4-9)7-15(22)19-12-6-14(25-8-12)16(23)21-26-2/h3-5,12,14H,6-8H2,1-2H3,(H,19,22)(H,21,23)/b20-13+. The van der Waals surface area contributed by atoms with Crippen LogP contribution in [0.15, 0.2) is 23.4 Å². The largest absolute Gasteiger partial charge is 0.399 e. The molecule has 0 radical (unpaired) electrons. The normalized spacial score (nSPS) is 19.9. The van der Waals surface area contributed by atoms with Crippen molar-refractivity contribution in [2.75, 3.05) is 20.0 Å². The summed E-state index contributed by atoms with van der Waals surface area (Å²) >= 11 is 1.17. The van der Waals surface area contributed by atoms with Gasteiger partial charge in [0.05, 0.1) is 24.8 Å². The number of benzene rings is 1. The van der Waals surface area contributed by atoms with Crippen molar-refractivity contribution in [3.63, 3.8) is 0 Å². The zero-order valence-electron chi connectivity index (χ0n) is 14.3. The molecule has 2 rings (SSSR count). The third-order valence-electron chi connectivity index (χ3n) is 3.58. The van der Waals surface area contributed by atoms with E-state index in [4.69, 9.17) is 4.74 Å². The molecule has 26 heavy (non-hydrogen) atoms. The molecule has 0 aromatic heterocycles. The number of ether oxygens (including phenoxy) is 1. The number of nitrogens with one attached hydrogen (secondary N) is 2. The first-order valence-electron chi connectivity index (χ1n) is 7.73. The van der Waals surface area contributed by atoms with Gasteiger partial charge in [0.25, 0.3) is 5.91 Å². The average Bonchev–Trinajstić information content (AvgIpc) is 3.02. The maximum Gasteiger partial charge on any atom is 0.259 e. The summed E-state index contributed by atoms with van der Waals surface area (Å²) in [6, 6.07) is 2.52. The molecular formula is C16H19F2N3O4S. The van der Waals surface area contributed by atoms with Gasteiger partial charge in [-0.05, 0) is 12.1 Å². The summed E-state index contributed by atoms with van der Waals surface area (Å²) in [5.41, 5.74) is 0.193. The first kappa shape index (κ1) is 20.1. The van der Waals surface area contributed by atoms with Crippen molar-refractivity contribution in [1.29, 1.82) is 0 Å². The number of halogens is 2. The second kappa shape index (κ2) is 9.48. The summed E-state index contributed by atoms with van der Waals surface area (Å²) in [6.07, 6.45) is 1.19. The van der Waals surface area contributed by atoms with Crippen molar-refractivity contribution in [2.24, 2.45) is 5.16 Å². The lowest BCUT2D eigenvalue weighted by molar-refractivity contribution is -0.128. The van der Waals surface area contributed by atoms with Crippen LogP contribution in [-0.2, 0) is 19.2 Å². The van der Waals surface area contributed by atoms with Crippen LogP contribution in [0.2, 0.25) is 0 Å². The van der Waals surface area contributed by atoms with Crippen molar-refractivity contribution < 1.29 is 27.9 Å². The maximum atomic E-state index is 13.4. The minimum absolute atomic E-state index is 0.0824. The Morgan fingerprint density at radius 2 is 2.04 bits per heavy atom. The summed E-state index contributed by atoms with van der Waals surface area (Å²) in [5.74, 6) is -2.25. The molecule has 7 nitrogen and oxygen atoms in total. The van der Waals surface area contributed by atoms with E-state index in [0.717, 1.165) is 18.2 Å². The topological polar surface area (TPSA) is 89.0 Å². The predicted octanol–water partition coefficient (Wildman–Crippen LogP) is 1.37. The molecular weight excluding hydrogens is 368 g/mol. The number of oxime groups is 1. The van der Waals surface area contributed by atoms with E-state index in [0.29, 0.717) is 6.42 Å². The summed E-state index contributed by atoms with van der Waals surface area (Å²) in [7, 11) is 1.27. The molecule has 1 aromatic carbocycles. The van der Waals surface area contributed by atoms with Gasteiger partial charge in [-0.25, -0.2) is 8.78 Å². The van der Waals surface area contributed by atoms with Gasteiger partial charge in [0, 0.05) is 24.3 Å². The Bertz CT molecular complexity index is 682. The molecule has 10 heteroatoms. The van der Waals surface area contributed by atoms with E-state index in [1.165, 1.54) is 19.1 Å². The zero-order chi connectivity index (χ0) is 19.1. The molecule has 0 saturated carbocycles. The molecule has 0 aliphatic carbocycles. The average molecular weight is 387 g/mol. The quantitative estimate of drug-likeness (QED) is 0.419. The van der Waals surface area contributed by atoms with Crippen molar-refractivity contribution in [3.8, 4) is 0 Å².